The topological polar surface area (TPSA) is 48.0 Å². The van der Waals surface area contributed by atoms with Crippen LogP contribution in [0.3, 0.4) is 0 Å². The number of rotatable bonds is 4. The Bertz CT molecular complexity index is 968. The minimum Gasteiger partial charge on any atom is -0.493 e. The first-order valence-corrected chi connectivity index (χ1v) is 10.1. The number of hydrogen-bond donors (Lipinski definition) is 0. The Morgan fingerprint density at radius 2 is 1.86 bits per heavy atom. The van der Waals surface area contributed by atoms with Crippen molar-refractivity contribution in [3.8, 4) is 11.5 Å². The van der Waals surface area contributed by atoms with E-state index in [4.69, 9.17) is 14.2 Å². The second-order valence-corrected chi connectivity index (χ2v) is 7.97. The smallest absolute Gasteiger partial charge is 0.306 e. The maximum atomic E-state index is 12.1. The number of likely N-dealkylation sites (tertiary alicyclic amines) is 1. The van der Waals surface area contributed by atoms with Gasteiger partial charge in [0.1, 0.15) is 6.10 Å². The fourth-order valence-electron chi connectivity index (χ4n) is 5.07. The predicted molar refractivity (Wildman–Crippen MR) is 109 cm³/mol. The van der Waals surface area contributed by atoms with Gasteiger partial charge in [0.2, 0.25) is 0 Å². The van der Waals surface area contributed by atoms with Gasteiger partial charge >= 0.3 is 5.97 Å². The molecule has 2 heterocycles. The van der Waals surface area contributed by atoms with Crippen LogP contribution in [0.15, 0.2) is 54.1 Å². The molecule has 0 spiro atoms. The molecule has 0 N–H and O–H groups in total. The molecule has 5 heteroatoms. The summed E-state index contributed by atoms with van der Waals surface area (Å²) in [4.78, 5) is 14.5. The molecule has 3 atom stereocenters. The molecule has 2 fully saturated rings. The molecule has 0 saturated carbocycles. The molecule has 2 saturated heterocycles. The minimum absolute atomic E-state index is 0.0598. The summed E-state index contributed by atoms with van der Waals surface area (Å²) in [6, 6.07) is 14.8. The number of esters is 1. The summed E-state index contributed by atoms with van der Waals surface area (Å²) in [6.07, 6.45) is 3.55. The Morgan fingerprint density at radius 3 is 2.62 bits per heavy atom. The van der Waals surface area contributed by atoms with Gasteiger partial charge in [-0.15, -0.1) is 0 Å². The molecular formula is C24H25NO4. The monoisotopic (exact) mass is 391 g/mol. The molecule has 0 amide bonds. The third-order valence-corrected chi connectivity index (χ3v) is 6.37. The van der Waals surface area contributed by atoms with Crippen molar-refractivity contribution in [2.45, 2.75) is 31.5 Å². The van der Waals surface area contributed by atoms with Crippen LogP contribution in [0, 0.1) is 5.92 Å². The Hall–Kier alpha value is -2.79. The number of benzene rings is 2. The second-order valence-electron chi connectivity index (χ2n) is 7.97. The molecule has 5 nitrogen and oxygen atoms in total. The molecule has 1 aliphatic carbocycles. The van der Waals surface area contributed by atoms with Crippen LogP contribution in [0.4, 0.5) is 0 Å². The van der Waals surface area contributed by atoms with E-state index in [0.717, 1.165) is 31.0 Å². The highest BCUT2D eigenvalue weighted by atomic mass is 16.6. The van der Waals surface area contributed by atoms with E-state index in [1.54, 1.807) is 14.2 Å². The first-order chi connectivity index (χ1) is 14.2. The van der Waals surface area contributed by atoms with Crippen LogP contribution in [0.5, 0.6) is 11.5 Å². The molecule has 2 aromatic rings. The van der Waals surface area contributed by atoms with Crippen LogP contribution in [0.2, 0.25) is 0 Å². The zero-order chi connectivity index (χ0) is 20.0. The summed E-state index contributed by atoms with van der Waals surface area (Å²) >= 11 is 0. The van der Waals surface area contributed by atoms with Crippen molar-refractivity contribution >= 4 is 5.97 Å². The predicted octanol–water partition coefficient (Wildman–Crippen LogP) is 3.67. The zero-order valence-electron chi connectivity index (χ0n) is 16.8. The number of fused-ring (bicyclic) bond motifs is 5. The van der Waals surface area contributed by atoms with E-state index in [9.17, 15) is 4.79 Å². The largest absolute Gasteiger partial charge is 0.493 e. The van der Waals surface area contributed by atoms with Gasteiger partial charge in [0, 0.05) is 19.0 Å². The molecule has 2 aromatic carbocycles. The summed E-state index contributed by atoms with van der Waals surface area (Å²) in [5.41, 5.74) is 5.05. The Morgan fingerprint density at radius 1 is 1.10 bits per heavy atom. The molecule has 0 aromatic heterocycles. The fourth-order valence-corrected chi connectivity index (χ4v) is 5.07. The van der Waals surface area contributed by atoms with Gasteiger partial charge in [-0.3, -0.25) is 9.69 Å². The van der Waals surface area contributed by atoms with E-state index >= 15 is 0 Å². The molecule has 2 aliphatic heterocycles. The second kappa shape index (κ2) is 7.23. The van der Waals surface area contributed by atoms with E-state index in [2.05, 4.69) is 47.4 Å². The number of hydrogen-bond acceptors (Lipinski definition) is 5. The number of carbonyl (C=O) groups is 1. The van der Waals surface area contributed by atoms with E-state index in [1.807, 2.05) is 6.07 Å². The van der Waals surface area contributed by atoms with Crippen molar-refractivity contribution in [2.75, 3.05) is 20.8 Å². The average molecular weight is 391 g/mol. The van der Waals surface area contributed by atoms with Crippen molar-refractivity contribution in [3.05, 3.63) is 70.8 Å². The summed E-state index contributed by atoms with van der Waals surface area (Å²) in [6.45, 7) is 1.54. The zero-order valence-corrected chi connectivity index (χ0v) is 16.8. The van der Waals surface area contributed by atoms with E-state index in [1.165, 1.54) is 22.3 Å². The molecule has 3 aliphatic rings. The number of allylic oxidation sites excluding steroid dienone is 1. The highest BCUT2D eigenvalue weighted by molar-refractivity contribution is 5.73. The molecule has 0 bridgehead atoms. The SMILES string of the molecule is COc1cc2c(cc1OC)[C@@H]1C(=CC2)[C@H]2CC(=O)O[C@H]2CN1Cc1ccccc1. The van der Waals surface area contributed by atoms with Gasteiger partial charge in [0.15, 0.2) is 11.5 Å². The number of carbonyl (C=O) groups excluding carboxylic acids is 1. The van der Waals surface area contributed by atoms with E-state index in [-0.39, 0.29) is 24.0 Å². The summed E-state index contributed by atoms with van der Waals surface area (Å²) in [5, 5.41) is 0. The standard InChI is InChI=1S/C24H25NO4/c1-27-20-10-16-8-9-17-19-12-23(26)29-22(19)14-25(13-15-6-4-3-5-7-15)24(17)18(16)11-21(20)28-2/h3-7,9-11,19,22,24H,8,12-14H2,1-2H3/t19-,22+,24+/m1/s1. The Labute approximate surface area is 170 Å². The molecule has 150 valence electrons. The fraction of sp³-hybridized carbons (Fsp3) is 0.375. The molecular weight excluding hydrogens is 366 g/mol. The third kappa shape index (κ3) is 3.10. The van der Waals surface area contributed by atoms with Gasteiger partial charge in [-0.2, -0.15) is 0 Å². The number of nitrogens with zero attached hydrogens (tertiary/aromatic N) is 1. The lowest BCUT2D eigenvalue weighted by Crippen LogP contribution is -2.46. The van der Waals surface area contributed by atoms with Gasteiger partial charge in [-0.25, -0.2) is 0 Å². The lowest BCUT2D eigenvalue weighted by molar-refractivity contribution is -0.142. The van der Waals surface area contributed by atoms with Crippen molar-refractivity contribution in [3.63, 3.8) is 0 Å². The molecule has 29 heavy (non-hydrogen) atoms. The van der Waals surface area contributed by atoms with Crippen LogP contribution >= 0.6 is 0 Å². The highest BCUT2D eigenvalue weighted by Crippen LogP contribution is 2.49. The van der Waals surface area contributed by atoms with E-state index in [0.29, 0.717) is 6.42 Å². The van der Waals surface area contributed by atoms with Crippen molar-refractivity contribution in [1.82, 2.24) is 4.90 Å². The highest BCUT2D eigenvalue weighted by Gasteiger charge is 2.48. The van der Waals surface area contributed by atoms with Gasteiger partial charge in [0.05, 0.1) is 26.7 Å². The van der Waals surface area contributed by atoms with Gasteiger partial charge in [0.25, 0.3) is 0 Å². The molecule has 5 rings (SSSR count). The van der Waals surface area contributed by atoms with Crippen LogP contribution in [0.1, 0.15) is 29.2 Å². The first kappa shape index (κ1) is 18.3. The van der Waals surface area contributed by atoms with Crippen molar-refractivity contribution in [2.24, 2.45) is 5.92 Å². The summed E-state index contributed by atoms with van der Waals surface area (Å²) in [5.74, 6) is 1.58. The number of ether oxygens (including phenoxy) is 3. The van der Waals surface area contributed by atoms with Crippen molar-refractivity contribution < 1.29 is 19.0 Å². The Balaban J connectivity index is 1.59. The average Bonchev–Trinajstić information content (AvgIpc) is 3.13. The maximum Gasteiger partial charge on any atom is 0.306 e. The first-order valence-electron chi connectivity index (χ1n) is 10.1. The number of piperidine rings is 1. The van der Waals surface area contributed by atoms with E-state index < -0.39 is 0 Å². The van der Waals surface area contributed by atoms with Crippen LogP contribution in [0.25, 0.3) is 0 Å². The minimum atomic E-state index is -0.0840. The van der Waals surface area contributed by atoms with Crippen LogP contribution < -0.4 is 9.47 Å². The van der Waals surface area contributed by atoms with Gasteiger partial charge < -0.3 is 14.2 Å². The van der Waals surface area contributed by atoms with Crippen LogP contribution in [-0.2, 0) is 22.5 Å². The quantitative estimate of drug-likeness (QED) is 0.588. The molecule has 0 radical (unpaired) electrons. The lowest BCUT2D eigenvalue weighted by Gasteiger charge is -2.45. The Kier molecular flexibility index (Phi) is 4.55. The summed E-state index contributed by atoms with van der Waals surface area (Å²) in [7, 11) is 3.34. The third-order valence-electron chi connectivity index (χ3n) is 6.37. The normalized spacial score (nSPS) is 25.4. The van der Waals surface area contributed by atoms with Gasteiger partial charge in [-0.05, 0) is 40.8 Å². The number of methoxy groups -OCH3 is 2. The van der Waals surface area contributed by atoms with Crippen LogP contribution in [-0.4, -0.2) is 37.7 Å². The van der Waals surface area contributed by atoms with Gasteiger partial charge in [-0.1, -0.05) is 36.4 Å². The molecule has 0 unspecified atom stereocenters. The maximum absolute atomic E-state index is 12.1. The van der Waals surface area contributed by atoms with Crippen molar-refractivity contribution in [1.29, 1.82) is 0 Å². The lowest BCUT2D eigenvalue weighted by atomic mass is 9.74. The summed E-state index contributed by atoms with van der Waals surface area (Å²) < 4.78 is 16.8.